The minimum Gasteiger partial charge on any atom is -0.481 e. The average molecular weight is 371 g/mol. The van der Waals surface area contributed by atoms with E-state index in [1.807, 2.05) is 6.07 Å². The van der Waals surface area contributed by atoms with E-state index in [1.54, 1.807) is 30.3 Å². The van der Waals surface area contributed by atoms with Gasteiger partial charge >= 0.3 is 5.97 Å². The summed E-state index contributed by atoms with van der Waals surface area (Å²) in [6.07, 6.45) is 1.47. The highest BCUT2D eigenvalue weighted by molar-refractivity contribution is 5.99. The van der Waals surface area contributed by atoms with Crippen LogP contribution < -0.4 is 5.32 Å². The lowest BCUT2D eigenvalue weighted by Gasteiger charge is -2.36. The van der Waals surface area contributed by atoms with Crippen LogP contribution in [0, 0.1) is 5.82 Å². The van der Waals surface area contributed by atoms with E-state index in [-0.39, 0.29) is 18.1 Å². The van der Waals surface area contributed by atoms with Gasteiger partial charge in [0, 0.05) is 25.3 Å². The van der Waals surface area contributed by atoms with Crippen molar-refractivity contribution in [3.8, 4) is 0 Å². The summed E-state index contributed by atoms with van der Waals surface area (Å²) >= 11 is 0. The quantitative estimate of drug-likeness (QED) is 0.815. The van der Waals surface area contributed by atoms with E-state index in [0.717, 1.165) is 11.1 Å². The highest BCUT2D eigenvalue weighted by atomic mass is 19.1. The fraction of sp³-hybridized carbons (Fsp3) is 0.333. The van der Waals surface area contributed by atoms with Crippen LogP contribution in [0.3, 0.4) is 0 Å². The minimum absolute atomic E-state index is 0.0360. The van der Waals surface area contributed by atoms with Crippen LogP contribution in [-0.2, 0) is 26.2 Å². The van der Waals surface area contributed by atoms with E-state index in [9.17, 15) is 14.0 Å². The molecule has 0 bridgehead atoms. The molecule has 1 fully saturated rings. The summed E-state index contributed by atoms with van der Waals surface area (Å²) in [5, 5.41) is 11.8. The van der Waals surface area contributed by atoms with Crippen molar-refractivity contribution in [2.45, 2.75) is 31.1 Å². The van der Waals surface area contributed by atoms with Gasteiger partial charge in [-0.25, -0.2) is 4.39 Å². The Morgan fingerprint density at radius 3 is 2.48 bits per heavy atom. The number of benzene rings is 2. The zero-order chi connectivity index (χ0) is 19.3. The minimum atomic E-state index is -0.859. The maximum atomic E-state index is 13.3. The first-order chi connectivity index (χ1) is 13.0. The van der Waals surface area contributed by atoms with Gasteiger partial charge in [-0.1, -0.05) is 24.3 Å². The summed E-state index contributed by atoms with van der Waals surface area (Å²) in [5.74, 6) is -1.36. The molecular weight excluding hydrogens is 349 g/mol. The van der Waals surface area contributed by atoms with Crippen molar-refractivity contribution in [2.75, 3.05) is 18.5 Å². The Hall–Kier alpha value is -2.73. The lowest BCUT2D eigenvalue weighted by Crippen LogP contribution is -2.44. The zero-order valence-corrected chi connectivity index (χ0v) is 14.9. The summed E-state index contributed by atoms with van der Waals surface area (Å²) in [5.41, 5.74) is 1.46. The number of carboxylic acids is 1. The monoisotopic (exact) mass is 371 g/mol. The Morgan fingerprint density at radius 2 is 1.81 bits per heavy atom. The number of aliphatic carboxylic acids is 1. The third kappa shape index (κ3) is 4.52. The highest BCUT2D eigenvalue weighted by Gasteiger charge is 2.41. The summed E-state index contributed by atoms with van der Waals surface area (Å²) in [6, 6.07) is 13.2. The van der Waals surface area contributed by atoms with Gasteiger partial charge in [-0.05, 0) is 54.7 Å². The van der Waals surface area contributed by atoms with Gasteiger partial charge in [0.2, 0.25) is 5.91 Å². The van der Waals surface area contributed by atoms with Gasteiger partial charge in [-0.15, -0.1) is 0 Å². The van der Waals surface area contributed by atoms with Crippen LogP contribution in [0.1, 0.15) is 30.4 Å². The third-order valence-electron chi connectivity index (χ3n) is 4.99. The molecule has 0 radical (unpaired) electrons. The second kappa shape index (κ2) is 8.31. The fourth-order valence-electron chi connectivity index (χ4n) is 3.44. The van der Waals surface area contributed by atoms with Gasteiger partial charge in [0.05, 0.1) is 5.41 Å². The Morgan fingerprint density at radius 1 is 1.11 bits per heavy atom. The summed E-state index contributed by atoms with van der Waals surface area (Å²) in [6.45, 7) is 0.924. The van der Waals surface area contributed by atoms with Gasteiger partial charge < -0.3 is 15.2 Å². The molecule has 1 amide bonds. The van der Waals surface area contributed by atoms with Crippen LogP contribution in [0.2, 0.25) is 0 Å². The topological polar surface area (TPSA) is 75.6 Å². The van der Waals surface area contributed by atoms with Crippen LogP contribution in [0.5, 0.6) is 0 Å². The molecular formula is C21H22FNO4. The average Bonchev–Trinajstić information content (AvgIpc) is 2.68. The number of carbonyl (C=O) groups excluding carboxylic acids is 1. The van der Waals surface area contributed by atoms with E-state index in [4.69, 9.17) is 9.84 Å². The molecule has 1 saturated heterocycles. The Kier molecular flexibility index (Phi) is 5.86. The van der Waals surface area contributed by atoms with Crippen LogP contribution >= 0.6 is 0 Å². The lowest BCUT2D eigenvalue weighted by molar-refractivity contribution is -0.137. The molecule has 2 aromatic rings. The van der Waals surface area contributed by atoms with E-state index in [2.05, 4.69) is 5.32 Å². The molecule has 0 saturated carbocycles. The largest absolute Gasteiger partial charge is 0.481 e. The molecule has 1 aliphatic heterocycles. The predicted octanol–water partition coefficient (Wildman–Crippen LogP) is 3.53. The molecule has 142 valence electrons. The summed E-state index contributed by atoms with van der Waals surface area (Å²) in [7, 11) is 0. The molecule has 1 heterocycles. The van der Waals surface area contributed by atoms with E-state index in [0.29, 0.717) is 38.2 Å². The van der Waals surface area contributed by atoms with Gasteiger partial charge in [0.25, 0.3) is 0 Å². The van der Waals surface area contributed by atoms with Crippen molar-refractivity contribution >= 4 is 17.6 Å². The molecule has 0 aromatic heterocycles. The van der Waals surface area contributed by atoms with Gasteiger partial charge in [0.1, 0.15) is 5.82 Å². The molecule has 2 aromatic carbocycles. The van der Waals surface area contributed by atoms with Crippen LogP contribution in [0.4, 0.5) is 10.1 Å². The number of anilines is 1. The lowest BCUT2D eigenvalue weighted by atomic mass is 9.73. The van der Waals surface area contributed by atoms with E-state index in [1.165, 1.54) is 12.1 Å². The number of amides is 1. The van der Waals surface area contributed by atoms with Crippen molar-refractivity contribution in [2.24, 2.45) is 0 Å². The SMILES string of the molecule is O=C(O)CCc1cccc(NC(=O)C2(c3ccc(F)cc3)CCOCC2)c1. The van der Waals surface area contributed by atoms with Crippen molar-refractivity contribution in [1.82, 2.24) is 0 Å². The van der Waals surface area contributed by atoms with Crippen LogP contribution in [0.15, 0.2) is 48.5 Å². The highest BCUT2D eigenvalue weighted by Crippen LogP contribution is 2.36. The molecule has 3 rings (SSSR count). The normalized spacial score (nSPS) is 15.9. The zero-order valence-electron chi connectivity index (χ0n) is 14.9. The fourth-order valence-corrected chi connectivity index (χ4v) is 3.44. The maximum absolute atomic E-state index is 13.3. The molecule has 0 spiro atoms. The number of aryl methyl sites for hydroxylation is 1. The molecule has 0 aliphatic carbocycles. The number of rotatable bonds is 6. The molecule has 2 N–H and O–H groups in total. The predicted molar refractivity (Wildman–Crippen MR) is 99.2 cm³/mol. The first-order valence-electron chi connectivity index (χ1n) is 8.96. The second-order valence-corrected chi connectivity index (χ2v) is 6.75. The van der Waals surface area contributed by atoms with Crippen molar-refractivity contribution in [1.29, 1.82) is 0 Å². The van der Waals surface area contributed by atoms with Gasteiger partial charge in [-0.3, -0.25) is 9.59 Å². The number of halogens is 1. The van der Waals surface area contributed by atoms with Crippen molar-refractivity contribution < 1.29 is 23.8 Å². The van der Waals surface area contributed by atoms with Crippen molar-refractivity contribution in [3.63, 3.8) is 0 Å². The van der Waals surface area contributed by atoms with Crippen LogP contribution in [-0.4, -0.2) is 30.2 Å². The molecule has 0 unspecified atom stereocenters. The number of ether oxygens (including phenoxy) is 1. The first kappa shape index (κ1) is 19.0. The molecule has 6 heteroatoms. The summed E-state index contributed by atoms with van der Waals surface area (Å²) < 4.78 is 18.8. The Balaban J connectivity index is 1.82. The van der Waals surface area contributed by atoms with E-state index < -0.39 is 11.4 Å². The van der Waals surface area contributed by atoms with E-state index >= 15 is 0 Å². The van der Waals surface area contributed by atoms with Crippen LogP contribution in [0.25, 0.3) is 0 Å². The second-order valence-electron chi connectivity index (χ2n) is 6.75. The van der Waals surface area contributed by atoms with Crippen molar-refractivity contribution in [3.05, 3.63) is 65.5 Å². The molecule has 5 nitrogen and oxygen atoms in total. The first-order valence-corrected chi connectivity index (χ1v) is 8.96. The maximum Gasteiger partial charge on any atom is 0.303 e. The van der Waals surface area contributed by atoms with Gasteiger partial charge in [-0.2, -0.15) is 0 Å². The number of carbonyl (C=O) groups is 2. The summed E-state index contributed by atoms with van der Waals surface area (Å²) in [4.78, 5) is 24.0. The standard InChI is InChI=1S/C21H22FNO4/c22-17-7-5-16(6-8-17)21(10-12-27-13-11-21)20(26)23-18-3-1-2-15(14-18)4-9-19(24)25/h1-3,5-8,14H,4,9-13H2,(H,23,26)(H,24,25). The third-order valence-corrected chi connectivity index (χ3v) is 4.99. The Labute approximate surface area is 157 Å². The molecule has 0 atom stereocenters. The smallest absolute Gasteiger partial charge is 0.303 e. The number of nitrogens with one attached hydrogen (secondary N) is 1. The number of carboxylic acid groups (broad SMARTS) is 1. The number of hydrogen-bond acceptors (Lipinski definition) is 3. The Bertz CT molecular complexity index is 813. The molecule has 1 aliphatic rings. The van der Waals surface area contributed by atoms with Gasteiger partial charge in [0.15, 0.2) is 0 Å². The number of hydrogen-bond donors (Lipinski definition) is 2. The molecule has 27 heavy (non-hydrogen) atoms.